The van der Waals surface area contributed by atoms with Gasteiger partial charge in [0.05, 0.1) is 9.82 Å². The van der Waals surface area contributed by atoms with Crippen molar-refractivity contribution in [2.45, 2.75) is 23.8 Å². The van der Waals surface area contributed by atoms with Gasteiger partial charge in [-0.05, 0) is 48.7 Å². The van der Waals surface area contributed by atoms with E-state index in [1.807, 2.05) is 32.0 Å². The summed E-state index contributed by atoms with van der Waals surface area (Å²) in [6, 6.07) is 18.4. The molecular weight excluding hydrogens is 388 g/mol. The number of hydrogen-bond acceptors (Lipinski definition) is 4. The number of sulfone groups is 1. The van der Waals surface area contributed by atoms with E-state index in [4.69, 9.17) is 0 Å². The van der Waals surface area contributed by atoms with Crippen LogP contribution in [0.1, 0.15) is 11.1 Å². The molecule has 0 saturated heterocycles. The van der Waals surface area contributed by atoms with Gasteiger partial charge in [-0.2, -0.15) is 0 Å². The molecule has 0 atom stereocenters. The summed E-state index contributed by atoms with van der Waals surface area (Å²) in [6.07, 6.45) is 0. The number of para-hydroxylation sites is 1. The standard InChI is InChI=1S/C22H18N2O4S/c1-14-10-15(2)12-18(11-14)29(27,28)22-21(19-8-3-4-9-20(19)23-22)16-6-5-7-17(13-16)24(25)26/h3-13,23H,1-2H3. The van der Waals surface area contributed by atoms with Gasteiger partial charge in [0, 0.05) is 28.6 Å². The Morgan fingerprint density at radius 3 is 2.28 bits per heavy atom. The topological polar surface area (TPSA) is 93.1 Å². The van der Waals surface area contributed by atoms with Crippen LogP contribution >= 0.6 is 0 Å². The van der Waals surface area contributed by atoms with E-state index >= 15 is 0 Å². The zero-order chi connectivity index (χ0) is 20.8. The molecule has 1 N–H and O–H groups in total. The number of fused-ring (bicyclic) bond motifs is 1. The highest BCUT2D eigenvalue weighted by Crippen LogP contribution is 2.38. The predicted molar refractivity (Wildman–Crippen MR) is 112 cm³/mol. The molecule has 0 radical (unpaired) electrons. The monoisotopic (exact) mass is 406 g/mol. The maximum absolute atomic E-state index is 13.6. The molecule has 0 aliphatic rings. The lowest BCUT2D eigenvalue weighted by molar-refractivity contribution is -0.384. The number of benzene rings is 3. The summed E-state index contributed by atoms with van der Waals surface area (Å²) in [5.41, 5.74) is 3.15. The first-order valence-corrected chi connectivity index (χ1v) is 10.4. The van der Waals surface area contributed by atoms with Gasteiger partial charge in [-0.1, -0.05) is 36.4 Å². The molecule has 1 heterocycles. The molecule has 6 nitrogen and oxygen atoms in total. The van der Waals surface area contributed by atoms with Crippen LogP contribution in [0.4, 0.5) is 5.69 Å². The Bertz CT molecular complexity index is 1350. The molecular formula is C22H18N2O4S. The summed E-state index contributed by atoms with van der Waals surface area (Å²) in [4.78, 5) is 14.0. The minimum atomic E-state index is -3.88. The van der Waals surface area contributed by atoms with Crippen molar-refractivity contribution in [1.82, 2.24) is 4.98 Å². The van der Waals surface area contributed by atoms with Crippen LogP contribution in [-0.2, 0) is 9.84 Å². The van der Waals surface area contributed by atoms with Gasteiger partial charge in [-0.15, -0.1) is 0 Å². The van der Waals surface area contributed by atoms with E-state index in [1.165, 1.54) is 12.1 Å². The van der Waals surface area contributed by atoms with Crippen LogP contribution in [-0.4, -0.2) is 18.3 Å². The van der Waals surface area contributed by atoms with Crippen molar-refractivity contribution < 1.29 is 13.3 Å². The largest absolute Gasteiger partial charge is 0.345 e. The molecule has 4 aromatic rings. The van der Waals surface area contributed by atoms with Gasteiger partial charge in [0.25, 0.3) is 5.69 Å². The first kappa shape index (κ1) is 18.9. The molecule has 0 amide bonds. The van der Waals surface area contributed by atoms with Crippen molar-refractivity contribution in [1.29, 1.82) is 0 Å². The average Bonchev–Trinajstić information content (AvgIpc) is 3.08. The molecule has 146 valence electrons. The first-order valence-electron chi connectivity index (χ1n) is 8.96. The first-order chi connectivity index (χ1) is 13.8. The number of H-pyrrole nitrogens is 1. The number of hydrogen-bond donors (Lipinski definition) is 1. The van der Waals surface area contributed by atoms with Gasteiger partial charge in [-0.3, -0.25) is 10.1 Å². The van der Waals surface area contributed by atoms with E-state index < -0.39 is 14.8 Å². The van der Waals surface area contributed by atoms with E-state index in [-0.39, 0.29) is 15.6 Å². The fourth-order valence-corrected chi connectivity index (χ4v) is 5.24. The maximum atomic E-state index is 13.6. The zero-order valence-corrected chi connectivity index (χ0v) is 16.7. The molecule has 0 fully saturated rings. The fourth-order valence-electron chi connectivity index (χ4n) is 3.59. The van der Waals surface area contributed by atoms with Crippen molar-refractivity contribution >= 4 is 26.4 Å². The third-order valence-corrected chi connectivity index (χ3v) is 6.49. The Morgan fingerprint density at radius 1 is 0.897 bits per heavy atom. The van der Waals surface area contributed by atoms with Crippen LogP contribution in [0.5, 0.6) is 0 Å². The van der Waals surface area contributed by atoms with Crippen molar-refractivity contribution in [2.24, 2.45) is 0 Å². The summed E-state index contributed by atoms with van der Waals surface area (Å²) >= 11 is 0. The fraction of sp³-hybridized carbons (Fsp3) is 0.0909. The molecule has 4 rings (SSSR count). The van der Waals surface area contributed by atoms with Gasteiger partial charge in [0.2, 0.25) is 9.84 Å². The summed E-state index contributed by atoms with van der Waals surface area (Å²) in [5, 5.41) is 12.0. The lowest BCUT2D eigenvalue weighted by Gasteiger charge is -2.09. The van der Waals surface area contributed by atoms with Crippen LogP contribution in [0, 0.1) is 24.0 Å². The van der Waals surface area contributed by atoms with Gasteiger partial charge in [0.1, 0.15) is 5.03 Å². The van der Waals surface area contributed by atoms with E-state index in [1.54, 1.807) is 36.4 Å². The number of aromatic amines is 1. The van der Waals surface area contributed by atoms with Crippen LogP contribution in [0.3, 0.4) is 0 Å². The Hall–Kier alpha value is -3.45. The highest BCUT2D eigenvalue weighted by atomic mass is 32.2. The summed E-state index contributed by atoms with van der Waals surface area (Å²) in [6.45, 7) is 3.69. The Morgan fingerprint density at radius 2 is 1.59 bits per heavy atom. The molecule has 3 aromatic carbocycles. The zero-order valence-electron chi connectivity index (χ0n) is 15.8. The number of non-ortho nitro benzene ring substituents is 1. The molecule has 1 aromatic heterocycles. The smallest absolute Gasteiger partial charge is 0.270 e. The molecule has 0 bridgehead atoms. The Balaban J connectivity index is 2.05. The van der Waals surface area contributed by atoms with Gasteiger partial charge in [-0.25, -0.2) is 8.42 Å². The molecule has 0 aliphatic heterocycles. The lowest BCUT2D eigenvalue weighted by Crippen LogP contribution is -2.05. The van der Waals surface area contributed by atoms with Crippen molar-refractivity contribution in [3.63, 3.8) is 0 Å². The normalized spacial score (nSPS) is 11.7. The second-order valence-corrected chi connectivity index (χ2v) is 8.90. The van der Waals surface area contributed by atoms with Gasteiger partial charge >= 0.3 is 0 Å². The Labute approximate surface area is 167 Å². The van der Waals surface area contributed by atoms with Crippen molar-refractivity contribution in [2.75, 3.05) is 0 Å². The van der Waals surface area contributed by atoms with E-state index in [0.717, 1.165) is 11.1 Å². The van der Waals surface area contributed by atoms with Crippen LogP contribution in [0.15, 0.2) is 76.7 Å². The van der Waals surface area contributed by atoms with Crippen molar-refractivity contribution in [3.05, 3.63) is 88.0 Å². The Kier molecular flexibility index (Phi) is 4.47. The number of rotatable bonds is 4. The summed E-state index contributed by atoms with van der Waals surface area (Å²) in [7, 11) is -3.88. The molecule has 29 heavy (non-hydrogen) atoms. The highest BCUT2D eigenvalue weighted by molar-refractivity contribution is 7.91. The second kappa shape index (κ2) is 6.86. The van der Waals surface area contributed by atoms with Gasteiger partial charge in [0.15, 0.2) is 0 Å². The maximum Gasteiger partial charge on any atom is 0.270 e. The van der Waals surface area contributed by atoms with E-state index in [2.05, 4.69) is 4.98 Å². The summed E-state index contributed by atoms with van der Waals surface area (Å²) in [5.74, 6) is 0. The number of aryl methyl sites for hydroxylation is 2. The lowest BCUT2D eigenvalue weighted by atomic mass is 10.0. The third kappa shape index (κ3) is 3.30. The quantitative estimate of drug-likeness (QED) is 0.373. The molecule has 0 saturated carbocycles. The highest BCUT2D eigenvalue weighted by Gasteiger charge is 2.27. The summed E-state index contributed by atoms with van der Waals surface area (Å²) < 4.78 is 27.1. The number of nitrogens with one attached hydrogen (secondary N) is 1. The number of aromatic nitrogens is 1. The SMILES string of the molecule is Cc1cc(C)cc(S(=O)(=O)c2[nH]c3ccccc3c2-c2cccc([N+](=O)[O-])c2)c1. The number of nitro benzene ring substituents is 1. The molecule has 0 spiro atoms. The van der Waals surface area contributed by atoms with Crippen LogP contribution in [0.2, 0.25) is 0 Å². The van der Waals surface area contributed by atoms with E-state index in [0.29, 0.717) is 22.0 Å². The molecule has 0 aliphatic carbocycles. The number of nitro groups is 1. The molecule has 0 unspecified atom stereocenters. The minimum absolute atomic E-state index is 0.0317. The van der Waals surface area contributed by atoms with E-state index in [9.17, 15) is 18.5 Å². The van der Waals surface area contributed by atoms with Crippen LogP contribution in [0.25, 0.3) is 22.0 Å². The predicted octanol–water partition coefficient (Wildman–Crippen LogP) is 5.19. The third-order valence-electron chi connectivity index (χ3n) is 4.79. The minimum Gasteiger partial charge on any atom is -0.345 e. The van der Waals surface area contributed by atoms with Crippen molar-refractivity contribution in [3.8, 4) is 11.1 Å². The average molecular weight is 406 g/mol. The number of nitrogens with zero attached hydrogens (tertiary/aromatic N) is 1. The van der Waals surface area contributed by atoms with Crippen LogP contribution < -0.4 is 0 Å². The van der Waals surface area contributed by atoms with Gasteiger partial charge < -0.3 is 4.98 Å². The second-order valence-electron chi connectivity index (χ2n) is 7.01. The molecule has 7 heteroatoms.